The van der Waals surface area contributed by atoms with Gasteiger partial charge in [-0.3, -0.25) is 4.98 Å². The first kappa shape index (κ1) is 15.6. The van der Waals surface area contributed by atoms with Crippen LogP contribution in [0.1, 0.15) is 15.8 Å². The number of hydrogen-bond acceptors (Lipinski definition) is 6. The topological polar surface area (TPSA) is 56.0 Å². The van der Waals surface area contributed by atoms with Gasteiger partial charge >= 0.3 is 0 Å². The number of benzene rings is 1. The zero-order chi connectivity index (χ0) is 16.5. The molecule has 0 N–H and O–H groups in total. The second-order valence-electron chi connectivity index (χ2n) is 5.11. The Bertz CT molecular complexity index is 982. The number of nitrogens with zero attached hydrogens (tertiary/aromatic N) is 5. The van der Waals surface area contributed by atoms with Gasteiger partial charge in [0.25, 0.3) is 0 Å². The van der Waals surface area contributed by atoms with Crippen molar-refractivity contribution < 1.29 is 0 Å². The van der Waals surface area contributed by atoms with E-state index in [4.69, 9.17) is 11.6 Å². The normalized spacial score (nSPS) is 12.6. The van der Waals surface area contributed by atoms with Crippen molar-refractivity contribution in [3.05, 3.63) is 59.9 Å². The van der Waals surface area contributed by atoms with Crippen molar-refractivity contribution in [1.82, 2.24) is 24.8 Å². The molecule has 0 radical (unpaired) electrons. The third-order valence-corrected chi connectivity index (χ3v) is 6.03. The maximum Gasteiger partial charge on any atom is 0.235 e. The van der Waals surface area contributed by atoms with Crippen molar-refractivity contribution in [2.24, 2.45) is 0 Å². The fourth-order valence-electron chi connectivity index (χ4n) is 2.32. The molecule has 3 aromatic heterocycles. The van der Waals surface area contributed by atoms with E-state index in [0.29, 0.717) is 5.82 Å². The summed E-state index contributed by atoms with van der Waals surface area (Å²) in [5.74, 6) is 0.706. The van der Waals surface area contributed by atoms with E-state index in [-0.39, 0.29) is 4.71 Å². The van der Waals surface area contributed by atoms with E-state index in [1.54, 1.807) is 16.9 Å². The molecule has 4 rings (SSSR count). The molecule has 0 aliphatic rings. The standard InChI is InChI=1S/C16H12ClN5S2/c1-10-4-2-3-5-12(10)13(17)23-16-21-22-14(19-20-15(22)24-16)11-6-8-18-9-7-11/h2-9,13H,1H3. The molecule has 4 aromatic rings. The summed E-state index contributed by atoms with van der Waals surface area (Å²) in [6.07, 6.45) is 3.46. The molecule has 0 bridgehead atoms. The van der Waals surface area contributed by atoms with Gasteiger partial charge in [-0.15, -0.1) is 26.9 Å². The van der Waals surface area contributed by atoms with E-state index >= 15 is 0 Å². The number of thioether (sulfide) groups is 1. The highest BCUT2D eigenvalue weighted by atomic mass is 35.5. The van der Waals surface area contributed by atoms with Gasteiger partial charge in [0.15, 0.2) is 10.2 Å². The Morgan fingerprint density at radius 1 is 1.12 bits per heavy atom. The molecule has 8 heteroatoms. The molecule has 1 unspecified atom stereocenters. The summed E-state index contributed by atoms with van der Waals surface area (Å²) in [4.78, 5) is 4.77. The predicted molar refractivity (Wildman–Crippen MR) is 97.5 cm³/mol. The Labute approximate surface area is 151 Å². The van der Waals surface area contributed by atoms with Gasteiger partial charge in [0.05, 0.1) is 0 Å². The van der Waals surface area contributed by atoms with Crippen LogP contribution in [0, 0.1) is 6.92 Å². The van der Waals surface area contributed by atoms with Crippen LogP contribution in [-0.2, 0) is 0 Å². The SMILES string of the molecule is Cc1ccccc1C(Cl)Sc1nn2c(-c3ccncc3)nnc2s1. The first-order chi connectivity index (χ1) is 11.7. The van der Waals surface area contributed by atoms with Crippen LogP contribution in [0.4, 0.5) is 0 Å². The summed E-state index contributed by atoms with van der Waals surface area (Å²) in [6.45, 7) is 2.06. The average molecular weight is 374 g/mol. The van der Waals surface area contributed by atoms with Crippen molar-refractivity contribution in [2.45, 2.75) is 16.0 Å². The van der Waals surface area contributed by atoms with Gasteiger partial charge in [0.2, 0.25) is 4.96 Å². The van der Waals surface area contributed by atoms with Gasteiger partial charge in [-0.1, -0.05) is 47.4 Å². The molecule has 24 heavy (non-hydrogen) atoms. The maximum atomic E-state index is 6.57. The monoisotopic (exact) mass is 373 g/mol. The van der Waals surface area contributed by atoms with E-state index in [2.05, 4.69) is 33.3 Å². The highest BCUT2D eigenvalue weighted by Crippen LogP contribution is 2.41. The van der Waals surface area contributed by atoms with Crippen LogP contribution in [-0.4, -0.2) is 24.8 Å². The summed E-state index contributed by atoms with van der Waals surface area (Å²) >= 11 is 9.57. The molecule has 0 saturated heterocycles. The van der Waals surface area contributed by atoms with Gasteiger partial charge in [-0.05, 0) is 30.2 Å². The minimum atomic E-state index is -0.195. The molecule has 120 valence electrons. The first-order valence-electron chi connectivity index (χ1n) is 7.21. The van der Waals surface area contributed by atoms with Crippen LogP contribution in [0.5, 0.6) is 0 Å². The van der Waals surface area contributed by atoms with E-state index in [9.17, 15) is 0 Å². The van der Waals surface area contributed by atoms with Gasteiger partial charge in [0, 0.05) is 18.0 Å². The summed E-state index contributed by atoms with van der Waals surface area (Å²) in [6, 6.07) is 11.9. The molecule has 5 nitrogen and oxygen atoms in total. The second-order valence-corrected chi connectivity index (χ2v) is 8.12. The molecule has 0 aliphatic heterocycles. The van der Waals surface area contributed by atoms with Crippen LogP contribution in [0.25, 0.3) is 16.3 Å². The lowest BCUT2D eigenvalue weighted by atomic mass is 10.1. The lowest BCUT2D eigenvalue weighted by Crippen LogP contribution is -1.92. The fraction of sp³-hybridized carbons (Fsp3) is 0.125. The van der Waals surface area contributed by atoms with Crippen molar-refractivity contribution >= 4 is 39.7 Å². The lowest BCUT2D eigenvalue weighted by Gasteiger charge is -2.09. The highest BCUT2D eigenvalue weighted by molar-refractivity contribution is 8.02. The Kier molecular flexibility index (Phi) is 4.22. The molecule has 0 fully saturated rings. The second kappa shape index (κ2) is 6.51. The van der Waals surface area contributed by atoms with E-state index in [1.807, 2.05) is 30.3 Å². The fourth-order valence-corrected chi connectivity index (χ4v) is 4.95. The molecular formula is C16H12ClN5S2. The van der Waals surface area contributed by atoms with Crippen molar-refractivity contribution in [2.75, 3.05) is 0 Å². The molecule has 0 aliphatic carbocycles. The van der Waals surface area contributed by atoms with Crippen molar-refractivity contribution in [3.63, 3.8) is 0 Å². The number of hydrogen-bond donors (Lipinski definition) is 0. The molecule has 0 saturated carbocycles. The van der Waals surface area contributed by atoms with Gasteiger partial charge in [-0.2, -0.15) is 4.52 Å². The van der Waals surface area contributed by atoms with Crippen LogP contribution in [0.15, 0.2) is 53.1 Å². The van der Waals surface area contributed by atoms with Crippen LogP contribution < -0.4 is 0 Å². The van der Waals surface area contributed by atoms with Crippen LogP contribution in [0.3, 0.4) is 0 Å². The molecule has 1 atom stereocenters. The predicted octanol–water partition coefficient (Wildman–Crippen LogP) is 4.59. The maximum absolute atomic E-state index is 6.57. The number of rotatable bonds is 4. The molecule has 0 spiro atoms. The lowest BCUT2D eigenvalue weighted by molar-refractivity contribution is 0.910. The Hall–Kier alpha value is -1.96. The van der Waals surface area contributed by atoms with Crippen molar-refractivity contribution in [1.29, 1.82) is 0 Å². The number of alkyl halides is 1. The summed E-state index contributed by atoms with van der Waals surface area (Å²) in [5.41, 5.74) is 3.20. The largest absolute Gasteiger partial charge is 0.265 e. The van der Waals surface area contributed by atoms with E-state index in [1.165, 1.54) is 28.7 Å². The summed E-state index contributed by atoms with van der Waals surface area (Å²) in [7, 11) is 0. The minimum absolute atomic E-state index is 0.195. The number of fused-ring (bicyclic) bond motifs is 1. The van der Waals surface area contributed by atoms with Gasteiger partial charge in [-0.25, -0.2) is 0 Å². The Morgan fingerprint density at radius 3 is 2.71 bits per heavy atom. The molecular weight excluding hydrogens is 362 g/mol. The highest BCUT2D eigenvalue weighted by Gasteiger charge is 2.18. The molecule has 1 aromatic carbocycles. The molecule has 3 heterocycles. The third kappa shape index (κ3) is 2.90. The zero-order valence-corrected chi connectivity index (χ0v) is 15.0. The van der Waals surface area contributed by atoms with E-state index in [0.717, 1.165) is 20.4 Å². The van der Waals surface area contributed by atoms with Gasteiger partial charge < -0.3 is 0 Å². The van der Waals surface area contributed by atoms with E-state index < -0.39 is 0 Å². The first-order valence-corrected chi connectivity index (χ1v) is 9.34. The number of aromatic nitrogens is 5. The summed E-state index contributed by atoms with van der Waals surface area (Å²) < 4.78 is 2.42. The number of pyridine rings is 1. The number of halogens is 1. The van der Waals surface area contributed by atoms with Crippen LogP contribution in [0.2, 0.25) is 0 Å². The quantitative estimate of drug-likeness (QED) is 0.387. The Balaban J connectivity index is 1.65. The Morgan fingerprint density at radius 2 is 1.92 bits per heavy atom. The average Bonchev–Trinajstić information content (AvgIpc) is 3.16. The number of aryl methyl sites for hydroxylation is 1. The van der Waals surface area contributed by atoms with Gasteiger partial charge in [0.1, 0.15) is 4.71 Å². The third-order valence-electron chi connectivity index (χ3n) is 3.55. The zero-order valence-electron chi connectivity index (χ0n) is 12.6. The smallest absolute Gasteiger partial charge is 0.235 e. The minimum Gasteiger partial charge on any atom is -0.265 e. The summed E-state index contributed by atoms with van der Waals surface area (Å²) in [5, 5.41) is 13.0. The van der Waals surface area contributed by atoms with Crippen LogP contribution >= 0.6 is 34.7 Å². The molecule has 0 amide bonds. The van der Waals surface area contributed by atoms with Crippen molar-refractivity contribution in [3.8, 4) is 11.4 Å².